The Morgan fingerprint density at radius 2 is 1.97 bits per heavy atom. The van der Waals surface area contributed by atoms with E-state index in [4.69, 9.17) is 4.74 Å². The highest BCUT2D eigenvalue weighted by Gasteiger charge is 2.33. The maximum atomic E-state index is 13.3. The largest absolute Gasteiger partial charge is 0.373 e. The van der Waals surface area contributed by atoms with E-state index in [-0.39, 0.29) is 47.5 Å². The SMILES string of the molecule is CN=C(NCCc1c[nH]c2cc(F)ccc12)NCC(C)(C)N1CC(C)OC(C)C1.I. The van der Waals surface area contributed by atoms with Crippen molar-refractivity contribution in [1.29, 1.82) is 0 Å². The summed E-state index contributed by atoms with van der Waals surface area (Å²) in [5.41, 5.74) is 1.99. The number of H-pyrrole nitrogens is 1. The lowest BCUT2D eigenvalue weighted by Gasteiger charge is -2.45. The minimum absolute atomic E-state index is 0. The van der Waals surface area contributed by atoms with Gasteiger partial charge in [-0.25, -0.2) is 4.39 Å². The van der Waals surface area contributed by atoms with Crippen LogP contribution in [0.1, 0.15) is 33.3 Å². The fraction of sp³-hybridized carbons (Fsp3) is 0.591. The quantitative estimate of drug-likeness (QED) is 0.303. The molecule has 0 aliphatic carbocycles. The van der Waals surface area contributed by atoms with E-state index in [1.165, 1.54) is 17.7 Å². The van der Waals surface area contributed by atoms with Gasteiger partial charge in [-0.1, -0.05) is 0 Å². The first-order chi connectivity index (χ1) is 13.8. The van der Waals surface area contributed by atoms with E-state index >= 15 is 0 Å². The normalized spacial score (nSPS) is 20.8. The Morgan fingerprint density at radius 3 is 2.63 bits per heavy atom. The molecule has 0 spiro atoms. The van der Waals surface area contributed by atoms with Crippen LogP contribution in [0.15, 0.2) is 29.4 Å². The molecule has 3 N–H and O–H groups in total. The molecule has 1 aromatic heterocycles. The average Bonchev–Trinajstić information content (AvgIpc) is 3.05. The predicted molar refractivity (Wildman–Crippen MR) is 132 cm³/mol. The Morgan fingerprint density at radius 1 is 1.27 bits per heavy atom. The van der Waals surface area contributed by atoms with Gasteiger partial charge in [0.05, 0.1) is 12.2 Å². The molecule has 168 valence electrons. The summed E-state index contributed by atoms with van der Waals surface area (Å²) in [6.07, 6.45) is 3.28. The van der Waals surface area contributed by atoms with Gasteiger partial charge >= 0.3 is 0 Å². The first-order valence-electron chi connectivity index (χ1n) is 10.4. The van der Waals surface area contributed by atoms with Gasteiger partial charge in [0.1, 0.15) is 5.82 Å². The number of aromatic amines is 1. The molecule has 1 fully saturated rings. The lowest BCUT2D eigenvalue weighted by Crippen LogP contribution is -2.59. The fourth-order valence-corrected chi connectivity index (χ4v) is 3.99. The van der Waals surface area contributed by atoms with Gasteiger partial charge in [-0.2, -0.15) is 0 Å². The Bertz CT molecular complexity index is 843. The van der Waals surface area contributed by atoms with Crippen LogP contribution in [0.3, 0.4) is 0 Å². The van der Waals surface area contributed by atoms with Gasteiger partial charge in [-0.15, -0.1) is 24.0 Å². The molecule has 6 nitrogen and oxygen atoms in total. The summed E-state index contributed by atoms with van der Waals surface area (Å²) < 4.78 is 19.2. The van der Waals surface area contributed by atoms with Crippen molar-refractivity contribution in [3.63, 3.8) is 0 Å². The van der Waals surface area contributed by atoms with Crippen molar-refractivity contribution in [3.8, 4) is 0 Å². The summed E-state index contributed by atoms with van der Waals surface area (Å²) in [5.74, 6) is 0.568. The van der Waals surface area contributed by atoms with E-state index < -0.39 is 0 Å². The molecule has 1 aliphatic heterocycles. The molecular weight excluding hydrogens is 496 g/mol. The van der Waals surface area contributed by atoms with Crippen molar-refractivity contribution in [1.82, 2.24) is 20.5 Å². The Hall–Kier alpha value is -1.39. The molecule has 8 heteroatoms. The molecule has 0 amide bonds. The van der Waals surface area contributed by atoms with Crippen LogP contribution in [0.2, 0.25) is 0 Å². The fourth-order valence-electron chi connectivity index (χ4n) is 3.99. The highest BCUT2D eigenvalue weighted by Crippen LogP contribution is 2.21. The molecule has 30 heavy (non-hydrogen) atoms. The topological polar surface area (TPSA) is 64.7 Å². The Labute approximate surface area is 196 Å². The zero-order valence-electron chi connectivity index (χ0n) is 18.6. The number of hydrogen-bond acceptors (Lipinski definition) is 3. The van der Waals surface area contributed by atoms with Crippen molar-refractivity contribution in [2.75, 3.05) is 33.2 Å². The van der Waals surface area contributed by atoms with Gasteiger partial charge < -0.3 is 20.4 Å². The number of aliphatic imine (C=N–C) groups is 1. The lowest BCUT2D eigenvalue weighted by atomic mass is 10.00. The van der Waals surface area contributed by atoms with E-state index in [1.807, 2.05) is 12.3 Å². The number of fused-ring (bicyclic) bond motifs is 1. The van der Waals surface area contributed by atoms with Gasteiger partial charge in [0.25, 0.3) is 0 Å². The highest BCUT2D eigenvalue weighted by molar-refractivity contribution is 14.0. The van der Waals surface area contributed by atoms with Crippen LogP contribution in [0, 0.1) is 5.82 Å². The number of halogens is 2. The van der Waals surface area contributed by atoms with E-state index in [1.54, 1.807) is 7.05 Å². The molecule has 1 saturated heterocycles. The smallest absolute Gasteiger partial charge is 0.191 e. The predicted octanol–water partition coefficient (Wildman–Crippen LogP) is 3.52. The lowest BCUT2D eigenvalue weighted by molar-refractivity contribution is -0.0946. The second kappa shape index (κ2) is 10.8. The van der Waals surface area contributed by atoms with Gasteiger partial charge in [0.2, 0.25) is 0 Å². The number of nitrogens with one attached hydrogen (secondary N) is 3. The summed E-state index contributed by atoms with van der Waals surface area (Å²) in [7, 11) is 1.79. The molecular formula is C22H35FIN5O. The van der Waals surface area contributed by atoms with E-state index in [2.05, 4.69) is 53.2 Å². The van der Waals surface area contributed by atoms with Crippen LogP contribution in [0.4, 0.5) is 4.39 Å². The summed E-state index contributed by atoms with van der Waals surface area (Å²) in [6, 6.07) is 4.86. The third-order valence-electron chi connectivity index (χ3n) is 5.60. The van der Waals surface area contributed by atoms with E-state index in [0.29, 0.717) is 0 Å². The van der Waals surface area contributed by atoms with Crippen LogP contribution in [-0.2, 0) is 11.2 Å². The van der Waals surface area contributed by atoms with Crippen LogP contribution < -0.4 is 10.6 Å². The van der Waals surface area contributed by atoms with Gasteiger partial charge in [0, 0.05) is 55.9 Å². The van der Waals surface area contributed by atoms with Crippen LogP contribution in [0.5, 0.6) is 0 Å². The monoisotopic (exact) mass is 531 g/mol. The first-order valence-corrected chi connectivity index (χ1v) is 10.4. The minimum Gasteiger partial charge on any atom is -0.373 e. The van der Waals surface area contributed by atoms with Gasteiger partial charge in [-0.3, -0.25) is 9.89 Å². The zero-order chi connectivity index (χ0) is 21.0. The second-order valence-corrected chi connectivity index (χ2v) is 8.58. The Balaban J connectivity index is 0.00000320. The van der Waals surface area contributed by atoms with Crippen molar-refractivity contribution in [2.45, 2.75) is 51.9 Å². The number of hydrogen-bond donors (Lipinski definition) is 3. The number of guanidine groups is 1. The van der Waals surface area contributed by atoms with Crippen LogP contribution in [-0.4, -0.2) is 66.8 Å². The standard InChI is InChI=1S/C22H34FN5O.HI/c1-15-12-28(13-16(2)29-15)22(3,4)14-27-21(24-5)25-9-8-17-11-26-20-10-18(23)6-7-19(17)20;/h6-7,10-11,15-16,26H,8-9,12-14H2,1-5H3,(H2,24,25,27);1H. The molecule has 0 radical (unpaired) electrons. The molecule has 0 bridgehead atoms. The number of nitrogens with zero attached hydrogens (tertiary/aromatic N) is 2. The van der Waals surface area contributed by atoms with Gasteiger partial charge in [-0.05, 0) is 57.9 Å². The molecule has 2 heterocycles. The summed E-state index contributed by atoms with van der Waals surface area (Å²) in [4.78, 5) is 9.98. The summed E-state index contributed by atoms with van der Waals surface area (Å²) >= 11 is 0. The molecule has 0 saturated carbocycles. The third-order valence-corrected chi connectivity index (χ3v) is 5.60. The maximum absolute atomic E-state index is 13.3. The van der Waals surface area contributed by atoms with Crippen molar-refractivity contribution >= 4 is 40.8 Å². The zero-order valence-corrected chi connectivity index (χ0v) is 20.9. The average molecular weight is 531 g/mol. The number of aromatic nitrogens is 1. The van der Waals surface area contributed by atoms with Crippen LogP contribution >= 0.6 is 24.0 Å². The number of ether oxygens (including phenoxy) is 1. The second-order valence-electron chi connectivity index (χ2n) is 8.58. The number of morpholine rings is 1. The summed E-state index contributed by atoms with van der Waals surface area (Å²) in [6.45, 7) is 12.2. The molecule has 2 atom stereocenters. The van der Waals surface area contributed by atoms with E-state index in [0.717, 1.165) is 49.5 Å². The van der Waals surface area contributed by atoms with Crippen LogP contribution in [0.25, 0.3) is 10.9 Å². The van der Waals surface area contributed by atoms with E-state index in [9.17, 15) is 4.39 Å². The summed E-state index contributed by atoms with van der Waals surface area (Å²) in [5, 5.41) is 7.91. The van der Waals surface area contributed by atoms with Crippen molar-refractivity contribution in [2.24, 2.45) is 4.99 Å². The molecule has 1 aromatic carbocycles. The Kier molecular flexibility index (Phi) is 8.93. The first kappa shape index (κ1) is 24.9. The molecule has 1 aliphatic rings. The highest BCUT2D eigenvalue weighted by atomic mass is 127. The van der Waals surface area contributed by atoms with Crippen molar-refractivity contribution in [3.05, 3.63) is 35.8 Å². The third kappa shape index (κ3) is 6.31. The maximum Gasteiger partial charge on any atom is 0.191 e. The molecule has 2 aromatic rings. The number of rotatable bonds is 6. The van der Waals surface area contributed by atoms with Crippen molar-refractivity contribution < 1.29 is 9.13 Å². The minimum atomic E-state index is -0.222. The van der Waals surface area contributed by atoms with Gasteiger partial charge in [0.15, 0.2) is 5.96 Å². The number of benzene rings is 1. The molecule has 2 unspecified atom stereocenters. The molecule has 3 rings (SSSR count).